The first-order valence-electron chi connectivity index (χ1n) is 7.43. The summed E-state index contributed by atoms with van der Waals surface area (Å²) in [4.78, 5) is 38.4. The zero-order chi connectivity index (χ0) is 17.3. The molecule has 1 N–H and O–H groups in total. The summed E-state index contributed by atoms with van der Waals surface area (Å²) in [5.41, 5.74) is 0.240. The maximum absolute atomic E-state index is 13.3. The normalized spacial score (nSPS) is 20.8. The van der Waals surface area contributed by atoms with E-state index in [0.717, 1.165) is 12.1 Å². The maximum Gasteiger partial charge on any atom is 0.325 e. The van der Waals surface area contributed by atoms with Gasteiger partial charge in [0.05, 0.1) is 6.04 Å². The molecule has 1 atom stereocenters. The first kappa shape index (κ1) is 16.7. The smallest absolute Gasteiger partial charge is 0.325 e. The Bertz CT molecular complexity index is 701. The van der Waals surface area contributed by atoms with Gasteiger partial charge in [0.25, 0.3) is 0 Å². The number of anilines is 1. The van der Waals surface area contributed by atoms with Crippen LogP contribution in [0.15, 0.2) is 18.2 Å². The highest BCUT2D eigenvalue weighted by Crippen LogP contribution is 2.23. The van der Waals surface area contributed by atoms with E-state index in [0.29, 0.717) is 18.7 Å². The van der Waals surface area contributed by atoms with Gasteiger partial charge >= 0.3 is 6.03 Å². The molecule has 6 nitrogen and oxygen atoms in total. The molecule has 2 fully saturated rings. The molecule has 9 heteroatoms. The Kier molecular flexibility index (Phi) is 4.70. The minimum Gasteiger partial charge on any atom is -0.344 e. The van der Waals surface area contributed by atoms with Crippen LogP contribution in [0.1, 0.15) is 6.42 Å². The van der Waals surface area contributed by atoms with Crippen LogP contribution in [0.25, 0.3) is 0 Å². The van der Waals surface area contributed by atoms with Crippen LogP contribution in [0, 0.1) is 11.6 Å². The van der Waals surface area contributed by atoms with Crippen molar-refractivity contribution in [1.29, 1.82) is 0 Å². The fraction of sp³-hybridized carbons (Fsp3) is 0.400. The molecule has 2 heterocycles. The lowest BCUT2D eigenvalue weighted by molar-refractivity contribution is -0.124. The molecule has 2 aliphatic rings. The summed E-state index contributed by atoms with van der Waals surface area (Å²) in [6.45, 7) is 0.390. The first-order valence-corrected chi connectivity index (χ1v) is 8.42. The molecule has 1 aromatic rings. The first-order chi connectivity index (χ1) is 11.5. The number of rotatable bonds is 4. The van der Waals surface area contributed by atoms with Crippen molar-refractivity contribution in [3.8, 4) is 0 Å². The number of carbonyl (C=O) groups excluding carboxylic acids is 3. The van der Waals surface area contributed by atoms with Crippen LogP contribution >= 0.6 is 11.8 Å². The molecular weight excluding hydrogens is 340 g/mol. The van der Waals surface area contributed by atoms with Crippen molar-refractivity contribution in [2.75, 3.05) is 30.3 Å². The highest BCUT2D eigenvalue weighted by Gasteiger charge is 2.33. The van der Waals surface area contributed by atoms with Crippen LogP contribution in [-0.4, -0.2) is 53.4 Å². The second-order valence-electron chi connectivity index (χ2n) is 5.53. The molecule has 1 aromatic carbocycles. The number of nitrogens with zero attached hydrogens (tertiary/aromatic N) is 2. The van der Waals surface area contributed by atoms with Gasteiger partial charge in [-0.25, -0.2) is 13.6 Å². The molecule has 0 radical (unpaired) electrons. The van der Waals surface area contributed by atoms with Crippen molar-refractivity contribution in [3.05, 3.63) is 29.8 Å². The van der Waals surface area contributed by atoms with Crippen LogP contribution in [0.2, 0.25) is 0 Å². The Hall–Kier alpha value is -2.16. The Morgan fingerprint density at radius 1 is 1.25 bits per heavy atom. The second kappa shape index (κ2) is 6.76. The van der Waals surface area contributed by atoms with E-state index >= 15 is 0 Å². The predicted molar refractivity (Wildman–Crippen MR) is 84.7 cm³/mol. The summed E-state index contributed by atoms with van der Waals surface area (Å²) in [6.07, 6.45) is 0.587. The molecule has 3 amide bonds. The summed E-state index contributed by atoms with van der Waals surface area (Å²) in [6, 6.07) is 2.27. The number of carbonyl (C=O) groups is 3. The van der Waals surface area contributed by atoms with Gasteiger partial charge in [0.1, 0.15) is 6.54 Å². The van der Waals surface area contributed by atoms with Gasteiger partial charge in [0, 0.05) is 30.6 Å². The molecule has 2 aliphatic heterocycles. The van der Waals surface area contributed by atoms with Gasteiger partial charge in [-0.3, -0.25) is 14.5 Å². The predicted octanol–water partition coefficient (Wildman–Crippen LogP) is 1.36. The van der Waals surface area contributed by atoms with Crippen molar-refractivity contribution in [2.24, 2.45) is 0 Å². The number of nitrogens with one attached hydrogen (secondary N) is 1. The Morgan fingerprint density at radius 2 is 2.04 bits per heavy atom. The van der Waals surface area contributed by atoms with Gasteiger partial charge in [0.15, 0.2) is 11.6 Å². The molecule has 0 bridgehead atoms. The van der Waals surface area contributed by atoms with E-state index in [4.69, 9.17) is 0 Å². The van der Waals surface area contributed by atoms with E-state index in [1.807, 2.05) is 0 Å². The van der Waals surface area contributed by atoms with E-state index in [-0.39, 0.29) is 23.9 Å². The van der Waals surface area contributed by atoms with Crippen molar-refractivity contribution in [2.45, 2.75) is 12.5 Å². The van der Waals surface area contributed by atoms with Crippen molar-refractivity contribution in [1.82, 2.24) is 10.2 Å². The lowest BCUT2D eigenvalue weighted by Crippen LogP contribution is -2.44. The van der Waals surface area contributed by atoms with Gasteiger partial charge in [-0.05, 0) is 18.6 Å². The van der Waals surface area contributed by atoms with Gasteiger partial charge in [-0.15, -0.1) is 0 Å². The molecule has 128 valence electrons. The maximum atomic E-state index is 13.3. The van der Waals surface area contributed by atoms with Crippen molar-refractivity contribution >= 4 is 34.5 Å². The van der Waals surface area contributed by atoms with Crippen LogP contribution in [0.3, 0.4) is 0 Å². The van der Waals surface area contributed by atoms with E-state index < -0.39 is 29.6 Å². The number of hydrogen-bond acceptors (Lipinski definition) is 4. The molecule has 0 spiro atoms. The Balaban J connectivity index is 1.60. The number of hydrogen-bond donors (Lipinski definition) is 1. The number of amides is 3. The zero-order valence-corrected chi connectivity index (χ0v) is 13.4. The van der Waals surface area contributed by atoms with Crippen LogP contribution in [-0.2, 0) is 9.59 Å². The van der Waals surface area contributed by atoms with Crippen molar-refractivity contribution in [3.63, 3.8) is 0 Å². The number of benzene rings is 1. The average Bonchev–Trinajstić information content (AvgIpc) is 3.10. The van der Waals surface area contributed by atoms with Crippen molar-refractivity contribution < 1.29 is 23.2 Å². The molecule has 3 rings (SSSR count). The largest absolute Gasteiger partial charge is 0.344 e. The zero-order valence-electron chi connectivity index (χ0n) is 12.6. The van der Waals surface area contributed by atoms with Gasteiger partial charge in [-0.1, -0.05) is 11.8 Å². The van der Waals surface area contributed by atoms with Gasteiger partial charge in [0.2, 0.25) is 11.0 Å². The topological polar surface area (TPSA) is 69.7 Å². The third-order valence-electron chi connectivity index (χ3n) is 3.91. The SMILES string of the molecule is O=C(CN1CCN(c2ccc(F)c(F)c2)C1=O)N[C@@H]1CCSC1=O. The standard InChI is InChI=1S/C15H15F2N3O3S/c16-10-2-1-9(7-11(10)17)20-5-4-19(15(20)23)8-13(21)18-12-3-6-24-14(12)22/h1-2,7,12H,3-6,8H2,(H,18,21)/t12-/m1/s1. The average molecular weight is 355 g/mol. The summed E-state index contributed by atoms with van der Waals surface area (Å²) in [5.74, 6) is -1.75. The lowest BCUT2D eigenvalue weighted by atomic mass is 10.2. The molecule has 24 heavy (non-hydrogen) atoms. The second-order valence-corrected chi connectivity index (χ2v) is 6.63. The summed E-state index contributed by atoms with van der Waals surface area (Å²) in [5, 5.41) is 2.55. The minimum atomic E-state index is -1.03. The molecule has 0 unspecified atom stereocenters. The Labute approximate surface area is 141 Å². The number of urea groups is 1. The van der Waals surface area contributed by atoms with E-state index in [1.165, 1.54) is 27.6 Å². The fourth-order valence-corrected chi connectivity index (χ4v) is 3.59. The van der Waals surface area contributed by atoms with Crippen LogP contribution in [0.4, 0.5) is 19.3 Å². The molecular formula is C15H15F2N3O3S. The third kappa shape index (κ3) is 3.35. The van der Waals surface area contributed by atoms with Crippen LogP contribution in [0.5, 0.6) is 0 Å². The van der Waals surface area contributed by atoms with E-state index in [1.54, 1.807) is 0 Å². The summed E-state index contributed by atoms with van der Waals surface area (Å²) in [7, 11) is 0. The highest BCUT2D eigenvalue weighted by molar-refractivity contribution is 8.14. The molecule has 0 aliphatic carbocycles. The minimum absolute atomic E-state index is 0.0699. The summed E-state index contributed by atoms with van der Waals surface area (Å²) >= 11 is 1.18. The fourth-order valence-electron chi connectivity index (χ4n) is 2.66. The number of thioether (sulfide) groups is 1. The Morgan fingerprint density at radius 3 is 2.71 bits per heavy atom. The van der Waals surface area contributed by atoms with E-state index in [2.05, 4.69) is 5.32 Å². The van der Waals surface area contributed by atoms with Gasteiger partial charge < -0.3 is 10.2 Å². The van der Waals surface area contributed by atoms with Crippen LogP contribution < -0.4 is 10.2 Å². The van der Waals surface area contributed by atoms with Gasteiger partial charge in [-0.2, -0.15) is 0 Å². The molecule has 2 saturated heterocycles. The number of halogens is 2. The summed E-state index contributed by atoms with van der Waals surface area (Å²) < 4.78 is 26.3. The van der Waals surface area contributed by atoms with E-state index in [9.17, 15) is 23.2 Å². The molecule has 0 saturated carbocycles. The quantitative estimate of drug-likeness (QED) is 0.885. The lowest BCUT2D eigenvalue weighted by Gasteiger charge is -2.19. The highest BCUT2D eigenvalue weighted by atomic mass is 32.2. The molecule has 0 aromatic heterocycles. The monoisotopic (exact) mass is 355 g/mol. The third-order valence-corrected chi connectivity index (χ3v) is 4.92.